The van der Waals surface area contributed by atoms with Crippen molar-refractivity contribution in [2.75, 3.05) is 19.8 Å². The van der Waals surface area contributed by atoms with E-state index in [2.05, 4.69) is 34.9 Å². The molecule has 0 unspecified atom stereocenters. The molecule has 0 bridgehead atoms. The Bertz CT molecular complexity index is 978. The van der Waals surface area contributed by atoms with E-state index in [0.29, 0.717) is 13.0 Å². The van der Waals surface area contributed by atoms with Crippen molar-refractivity contribution >= 4 is 18.0 Å². The highest BCUT2D eigenvalue weighted by atomic mass is 16.5. The number of hydrogen-bond donors (Lipinski definition) is 3. The summed E-state index contributed by atoms with van der Waals surface area (Å²) in [5.74, 6) is -1.89. The Labute approximate surface area is 185 Å². The summed E-state index contributed by atoms with van der Waals surface area (Å²) in [6.45, 7) is 2.17. The fraction of sp³-hybridized carbons (Fsp3) is 0.375. The van der Waals surface area contributed by atoms with Gasteiger partial charge in [-0.2, -0.15) is 0 Å². The molecule has 0 spiro atoms. The Balaban J connectivity index is 1.31. The molecule has 2 amide bonds. The van der Waals surface area contributed by atoms with Crippen molar-refractivity contribution in [1.82, 2.24) is 10.6 Å². The predicted molar refractivity (Wildman–Crippen MR) is 116 cm³/mol. The van der Waals surface area contributed by atoms with Gasteiger partial charge in [-0.3, -0.25) is 9.59 Å². The van der Waals surface area contributed by atoms with Crippen LogP contribution in [0.5, 0.6) is 0 Å². The Hall–Kier alpha value is -3.39. The monoisotopic (exact) mass is 438 g/mol. The summed E-state index contributed by atoms with van der Waals surface area (Å²) in [7, 11) is 0. The Kier molecular flexibility index (Phi) is 6.41. The number of hydrogen-bond acceptors (Lipinski definition) is 5. The first kappa shape index (κ1) is 21.8. The molecule has 8 nitrogen and oxygen atoms in total. The summed E-state index contributed by atoms with van der Waals surface area (Å²) in [6.07, 6.45) is -0.772. The summed E-state index contributed by atoms with van der Waals surface area (Å²) in [6, 6.07) is 15.2. The van der Waals surface area contributed by atoms with Crippen LogP contribution >= 0.6 is 0 Å². The van der Waals surface area contributed by atoms with Crippen molar-refractivity contribution in [3.63, 3.8) is 0 Å². The SMILES string of the molecule is C[C@H](NC(=O)[C@@H]1OCC[C@@H]1CNC(=O)OCC1c2ccccc2-c2ccccc21)C(=O)O. The van der Waals surface area contributed by atoms with Gasteiger partial charge < -0.3 is 25.2 Å². The maximum absolute atomic E-state index is 12.4. The molecule has 1 aliphatic carbocycles. The summed E-state index contributed by atoms with van der Waals surface area (Å²) >= 11 is 0. The molecular formula is C24H26N2O6. The van der Waals surface area contributed by atoms with Crippen LogP contribution in [0.4, 0.5) is 4.79 Å². The zero-order valence-corrected chi connectivity index (χ0v) is 17.7. The number of carbonyl (C=O) groups is 3. The average Bonchev–Trinajstić information content (AvgIpc) is 3.39. The minimum atomic E-state index is -1.12. The zero-order chi connectivity index (χ0) is 22.7. The summed E-state index contributed by atoms with van der Waals surface area (Å²) in [5, 5.41) is 14.1. The van der Waals surface area contributed by atoms with Crippen LogP contribution < -0.4 is 10.6 Å². The number of fused-ring (bicyclic) bond motifs is 3. The molecule has 4 rings (SSSR count). The van der Waals surface area contributed by atoms with E-state index in [4.69, 9.17) is 14.6 Å². The normalized spacial score (nSPS) is 20.2. The number of benzene rings is 2. The number of carbonyl (C=O) groups excluding carboxylic acids is 2. The highest BCUT2D eigenvalue weighted by molar-refractivity contribution is 5.86. The predicted octanol–water partition coefficient (Wildman–Crippen LogP) is 2.52. The van der Waals surface area contributed by atoms with E-state index in [1.54, 1.807) is 0 Å². The average molecular weight is 438 g/mol. The number of carboxylic acids is 1. The zero-order valence-electron chi connectivity index (χ0n) is 17.7. The van der Waals surface area contributed by atoms with Crippen molar-refractivity contribution in [2.24, 2.45) is 5.92 Å². The summed E-state index contributed by atoms with van der Waals surface area (Å²) in [5.41, 5.74) is 4.58. The van der Waals surface area contributed by atoms with Crippen LogP contribution in [-0.4, -0.2) is 55.0 Å². The van der Waals surface area contributed by atoms with Crippen molar-refractivity contribution in [3.05, 3.63) is 59.7 Å². The van der Waals surface area contributed by atoms with E-state index >= 15 is 0 Å². The highest BCUT2D eigenvalue weighted by Gasteiger charge is 2.36. The molecule has 3 N–H and O–H groups in total. The van der Waals surface area contributed by atoms with E-state index in [9.17, 15) is 14.4 Å². The molecule has 3 atom stereocenters. The fourth-order valence-electron chi connectivity index (χ4n) is 4.35. The van der Waals surface area contributed by atoms with Crippen LogP contribution in [0.2, 0.25) is 0 Å². The molecule has 2 aliphatic rings. The second kappa shape index (κ2) is 9.40. The van der Waals surface area contributed by atoms with Gasteiger partial charge in [0.15, 0.2) is 0 Å². The van der Waals surface area contributed by atoms with Gasteiger partial charge in [0.05, 0.1) is 0 Å². The summed E-state index contributed by atoms with van der Waals surface area (Å²) in [4.78, 5) is 35.6. The minimum Gasteiger partial charge on any atom is -0.480 e. The third kappa shape index (κ3) is 4.45. The molecule has 1 aliphatic heterocycles. The fourth-order valence-corrected chi connectivity index (χ4v) is 4.35. The molecular weight excluding hydrogens is 412 g/mol. The van der Waals surface area contributed by atoms with Gasteiger partial charge in [0.25, 0.3) is 0 Å². The van der Waals surface area contributed by atoms with E-state index in [1.165, 1.54) is 6.92 Å². The number of ether oxygens (including phenoxy) is 2. The second-order valence-electron chi connectivity index (χ2n) is 8.12. The smallest absolute Gasteiger partial charge is 0.407 e. The Morgan fingerprint density at radius 2 is 1.72 bits per heavy atom. The Morgan fingerprint density at radius 1 is 1.09 bits per heavy atom. The molecule has 168 valence electrons. The van der Waals surface area contributed by atoms with Gasteiger partial charge in [-0.15, -0.1) is 0 Å². The van der Waals surface area contributed by atoms with Gasteiger partial charge in [-0.25, -0.2) is 4.79 Å². The number of nitrogens with one attached hydrogen (secondary N) is 2. The van der Waals surface area contributed by atoms with Crippen LogP contribution in [0.3, 0.4) is 0 Å². The number of alkyl carbamates (subject to hydrolysis) is 1. The van der Waals surface area contributed by atoms with Crippen LogP contribution in [0.25, 0.3) is 11.1 Å². The molecule has 0 saturated carbocycles. The second-order valence-corrected chi connectivity index (χ2v) is 8.12. The van der Waals surface area contributed by atoms with Gasteiger partial charge in [-0.05, 0) is 35.6 Å². The molecule has 0 aromatic heterocycles. The molecule has 1 saturated heterocycles. The number of amides is 2. The first-order valence-electron chi connectivity index (χ1n) is 10.7. The maximum Gasteiger partial charge on any atom is 0.407 e. The summed E-state index contributed by atoms with van der Waals surface area (Å²) < 4.78 is 11.0. The van der Waals surface area contributed by atoms with Crippen LogP contribution in [-0.2, 0) is 19.1 Å². The van der Waals surface area contributed by atoms with Gasteiger partial charge in [-0.1, -0.05) is 48.5 Å². The minimum absolute atomic E-state index is 0.0287. The molecule has 8 heteroatoms. The van der Waals surface area contributed by atoms with Crippen LogP contribution in [0.15, 0.2) is 48.5 Å². The lowest BCUT2D eigenvalue weighted by atomic mass is 9.98. The maximum atomic E-state index is 12.4. The largest absolute Gasteiger partial charge is 0.480 e. The molecule has 32 heavy (non-hydrogen) atoms. The first-order valence-corrected chi connectivity index (χ1v) is 10.7. The number of aliphatic carboxylic acids is 1. The van der Waals surface area contributed by atoms with E-state index in [-0.39, 0.29) is 25.0 Å². The van der Waals surface area contributed by atoms with Crippen molar-refractivity contribution in [2.45, 2.75) is 31.4 Å². The van der Waals surface area contributed by atoms with Gasteiger partial charge in [0.2, 0.25) is 5.91 Å². The molecule has 0 radical (unpaired) electrons. The molecule has 1 fully saturated rings. The van der Waals surface area contributed by atoms with Crippen LogP contribution in [0, 0.1) is 5.92 Å². The number of carboxylic acid groups (broad SMARTS) is 1. The molecule has 1 heterocycles. The molecule has 2 aromatic carbocycles. The lowest BCUT2D eigenvalue weighted by Crippen LogP contribution is -2.47. The lowest BCUT2D eigenvalue weighted by Gasteiger charge is -2.20. The van der Waals surface area contributed by atoms with Crippen molar-refractivity contribution in [3.8, 4) is 11.1 Å². The van der Waals surface area contributed by atoms with E-state index in [0.717, 1.165) is 22.3 Å². The van der Waals surface area contributed by atoms with Crippen molar-refractivity contribution < 1.29 is 29.0 Å². The first-order chi connectivity index (χ1) is 15.5. The van der Waals surface area contributed by atoms with E-state index < -0.39 is 30.1 Å². The van der Waals surface area contributed by atoms with Gasteiger partial charge in [0, 0.05) is 25.0 Å². The topological polar surface area (TPSA) is 114 Å². The third-order valence-corrected chi connectivity index (χ3v) is 6.05. The standard InChI is InChI=1S/C24H26N2O6/c1-14(23(28)29)26-22(27)21-15(10-11-31-21)12-25-24(30)32-13-20-18-8-4-2-6-16(18)17-7-3-5-9-19(17)20/h2-9,14-15,20-21H,10-13H2,1H3,(H,25,30)(H,26,27)(H,28,29)/t14-,15+,21+/m0/s1. The number of rotatable bonds is 7. The van der Waals surface area contributed by atoms with E-state index in [1.807, 2.05) is 24.3 Å². The lowest BCUT2D eigenvalue weighted by molar-refractivity contribution is -0.143. The molecule has 2 aromatic rings. The van der Waals surface area contributed by atoms with Crippen LogP contribution in [0.1, 0.15) is 30.4 Å². The quantitative estimate of drug-likeness (QED) is 0.612. The Morgan fingerprint density at radius 3 is 2.34 bits per heavy atom. The highest BCUT2D eigenvalue weighted by Crippen LogP contribution is 2.44. The van der Waals surface area contributed by atoms with Crippen molar-refractivity contribution in [1.29, 1.82) is 0 Å². The third-order valence-electron chi connectivity index (χ3n) is 6.05. The van der Waals surface area contributed by atoms with Gasteiger partial charge >= 0.3 is 12.1 Å². The van der Waals surface area contributed by atoms with Gasteiger partial charge in [0.1, 0.15) is 18.8 Å².